The highest BCUT2D eigenvalue weighted by molar-refractivity contribution is 4.69. The second kappa shape index (κ2) is 2.70. The van der Waals surface area contributed by atoms with Crippen molar-refractivity contribution < 1.29 is 4.74 Å². The Morgan fingerprint density at radius 2 is 1.44 bits per heavy atom. The van der Waals surface area contributed by atoms with E-state index in [1.54, 1.807) is 0 Å². The Balaban J connectivity index is 2.34. The van der Waals surface area contributed by atoms with E-state index in [0.717, 1.165) is 5.92 Å². The van der Waals surface area contributed by atoms with Gasteiger partial charge < -0.3 is 4.74 Å². The Morgan fingerprint density at radius 1 is 1.00 bits per heavy atom. The van der Waals surface area contributed by atoms with Crippen LogP contribution in [0.2, 0.25) is 0 Å². The molecule has 1 rings (SSSR count). The van der Waals surface area contributed by atoms with Crippen molar-refractivity contribution in [2.45, 2.75) is 45.8 Å². The highest BCUT2D eigenvalue weighted by Crippen LogP contribution is 2.23. The zero-order valence-electron chi connectivity index (χ0n) is 6.55. The lowest BCUT2D eigenvalue weighted by atomic mass is 9.95. The van der Waals surface area contributed by atoms with Gasteiger partial charge in [0, 0.05) is 0 Å². The van der Waals surface area contributed by atoms with Crippen LogP contribution in [0.5, 0.6) is 0 Å². The predicted octanol–water partition coefficient (Wildman–Crippen LogP) is 2.21. The molecule has 1 aliphatic heterocycles. The van der Waals surface area contributed by atoms with Gasteiger partial charge in [0.15, 0.2) is 0 Å². The first kappa shape index (κ1) is 7.07. The average Bonchev–Trinajstić information content (AvgIpc) is 1.59. The molecule has 1 heterocycles. The van der Waals surface area contributed by atoms with Crippen molar-refractivity contribution in [2.75, 3.05) is 0 Å². The fourth-order valence-electron chi connectivity index (χ4n) is 1.74. The summed E-state index contributed by atoms with van der Waals surface area (Å²) in [7, 11) is 0. The van der Waals surface area contributed by atoms with Crippen molar-refractivity contribution >= 4 is 0 Å². The summed E-state index contributed by atoms with van der Waals surface area (Å²) in [6.45, 7) is 6.62. The molecule has 0 aromatic heterocycles. The van der Waals surface area contributed by atoms with Crippen LogP contribution in [0, 0.1) is 5.92 Å². The van der Waals surface area contributed by atoms with Crippen LogP contribution in [0.15, 0.2) is 0 Å². The largest absolute Gasteiger partial charge is 0.376 e. The molecule has 0 saturated carbocycles. The third-order valence-electron chi connectivity index (χ3n) is 1.93. The minimum atomic E-state index is 0.490. The Kier molecular flexibility index (Phi) is 2.12. The highest BCUT2D eigenvalue weighted by Gasteiger charge is 2.20. The first-order chi connectivity index (χ1) is 4.18. The molecule has 0 aromatic rings. The standard InChI is InChI=1S/C8H16O/c1-6-4-7(2)9-8(3)5-6/h6-8H,4-5H2,1-3H3/t6?,7-,8?/m0/s1. The van der Waals surface area contributed by atoms with Gasteiger partial charge in [0.25, 0.3) is 0 Å². The maximum atomic E-state index is 5.56. The summed E-state index contributed by atoms with van der Waals surface area (Å²) in [5.41, 5.74) is 0. The Labute approximate surface area is 57.4 Å². The molecule has 1 heteroatoms. The van der Waals surface area contributed by atoms with Crippen molar-refractivity contribution in [2.24, 2.45) is 5.92 Å². The van der Waals surface area contributed by atoms with Crippen LogP contribution in [-0.2, 0) is 4.74 Å². The van der Waals surface area contributed by atoms with Crippen LogP contribution in [0.25, 0.3) is 0 Å². The van der Waals surface area contributed by atoms with E-state index in [2.05, 4.69) is 20.8 Å². The van der Waals surface area contributed by atoms with Crippen molar-refractivity contribution in [3.05, 3.63) is 0 Å². The lowest BCUT2D eigenvalue weighted by molar-refractivity contribution is -0.0485. The molecule has 0 spiro atoms. The van der Waals surface area contributed by atoms with Crippen molar-refractivity contribution in [3.63, 3.8) is 0 Å². The predicted molar refractivity (Wildman–Crippen MR) is 38.4 cm³/mol. The van der Waals surface area contributed by atoms with E-state index in [9.17, 15) is 0 Å². The summed E-state index contributed by atoms with van der Waals surface area (Å²) < 4.78 is 5.56. The van der Waals surface area contributed by atoms with Crippen LogP contribution in [0.1, 0.15) is 33.6 Å². The van der Waals surface area contributed by atoms with Crippen LogP contribution in [0.3, 0.4) is 0 Å². The van der Waals surface area contributed by atoms with Crippen molar-refractivity contribution in [3.8, 4) is 0 Å². The van der Waals surface area contributed by atoms with Gasteiger partial charge in [0.2, 0.25) is 0 Å². The summed E-state index contributed by atoms with van der Waals surface area (Å²) >= 11 is 0. The molecular formula is C8H16O. The zero-order valence-corrected chi connectivity index (χ0v) is 6.55. The SMILES string of the molecule is CC1CC(C)O[C@@H](C)C1. The van der Waals surface area contributed by atoms with Crippen LogP contribution in [0.4, 0.5) is 0 Å². The summed E-state index contributed by atoms with van der Waals surface area (Å²) in [6, 6.07) is 0. The molecule has 0 aromatic carbocycles. The summed E-state index contributed by atoms with van der Waals surface area (Å²) in [5.74, 6) is 0.865. The van der Waals surface area contributed by atoms with Gasteiger partial charge in [-0.2, -0.15) is 0 Å². The molecule has 1 fully saturated rings. The molecule has 0 amide bonds. The van der Waals surface area contributed by atoms with Gasteiger partial charge in [0.05, 0.1) is 12.2 Å². The van der Waals surface area contributed by atoms with E-state index >= 15 is 0 Å². The van der Waals surface area contributed by atoms with E-state index in [0.29, 0.717) is 12.2 Å². The van der Waals surface area contributed by atoms with Crippen molar-refractivity contribution in [1.29, 1.82) is 0 Å². The van der Waals surface area contributed by atoms with Gasteiger partial charge in [-0.3, -0.25) is 0 Å². The molecule has 1 saturated heterocycles. The number of ether oxygens (including phenoxy) is 1. The van der Waals surface area contributed by atoms with E-state index in [1.165, 1.54) is 12.8 Å². The first-order valence-electron chi connectivity index (χ1n) is 3.84. The van der Waals surface area contributed by atoms with E-state index < -0.39 is 0 Å². The van der Waals surface area contributed by atoms with E-state index in [1.807, 2.05) is 0 Å². The summed E-state index contributed by atoms with van der Waals surface area (Å²) in [5, 5.41) is 0. The summed E-state index contributed by atoms with van der Waals surface area (Å²) in [4.78, 5) is 0. The zero-order chi connectivity index (χ0) is 6.85. The Bertz CT molecular complexity index is 65.5. The topological polar surface area (TPSA) is 9.23 Å². The van der Waals surface area contributed by atoms with Gasteiger partial charge in [-0.15, -0.1) is 0 Å². The molecule has 1 aliphatic rings. The molecule has 2 unspecified atom stereocenters. The Hall–Kier alpha value is -0.0400. The van der Waals surface area contributed by atoms with Crippen molar-refractivity contribution in [1.82, 2.24) is 0 Å². The second-order valence-corrected chi connectivity index (χ2v) is 3.33. The van der Waals surface area contributed by atoms with E-state index in [4.69, 9.17) is 4.74 Å². The maximum absolute atomic E-state index is 5.56. The third kappa shape index (κ3) is 1.98. The monoisotopic (exact) mass is 128 g/mol. The molecule has 0 bridgehead atoms. The number of rotatable bonds is 0. The van der Waals surface area contributed by atoms with E-state index in [-0.39, 0.29) is 0 Å². The van der Waals surface area contributed by atoms with Gasteiger partial charge in [-0.1, -0.05) is 6.92 Å². The Morgan fingerprint density at radius 3 is 1.78 bits per heavy atom. The third-order valence-corrected chi connectivity index (χ3v) is 1.93. The molecule has 0 N–H and O–H groups in total. The number of hydrogen-bond donors (Lipinski definition) is 0. The minimum absolute atomic E-state index is 0.490. The smallest absolute Gasteiger partial charge is 0.0553 e. The average molecular weight is 128 g/mol. The normalized spacial score (nSPS) is 45.0. The molecule has 3 atom stereocenters. The van der Waals surface area contributed by atoms with Gasteiger partial charge in [-0.25, -0.2) is 0 Å². The molecule has 1 nitrogen and oxygen atoms in total. The lowest BCUT2D eigenvalue weighted by Crippen LogP contribution is -2.27. The quantitative estimate of drug-likeness (QED) is 0.486. The first-order valence-corrected chi connectivity index (χ1v) is 3.84. The molecular weight excluding hydrogens is 112 g/mol. The summed E-state index contributed by atoms with van der Waals surface area (Å²) in [6.07, 6.45) is 3.46. The maximum Gasteiger partial charge on any atom is 0.0553 e. The number of hydrogen-bond acceptors (Lipinski definition) is 1. The molecule has 0 aliphatic carbocycles. The fraction of sp³-hybridized carbons (Fsp3) is 1.00. The van der Waals surface area contributed by atoms with Gasteiger partial charge in [-0.05, 0) is 32.6 Å². The lowest BCUT2D eigenvalue weighted by Gasteiger charge is -2.29. The van der Waals surface area contributed by atoms with Crippen LogP contribution < -0.4 is 0 Å². The van der Waals surface area contributed by atoms with Gasteiger partial charge in [0.1, 0.15) is 0 Å². The van der Waals surface area contributed by atoms with Crippen LogP contribution >= 0.6 is 0 Å². The minimum Gasteiger partial charge on any atom is -0.376 e. The molecule has 9 heavy (non-hydrogen) atoms. The second-order valence-electron chi connectivity index (χ2n) is 3.33. The van der Waals surface area contributed by atoms with Crippen LogP contribution in [-0.4, -0.2) is 12.2 Å². The van der Waals surface area contributed by atoms with Gasteiger partial charge >= 0.3 is 0 Å². The molecule has 54 valence electrons. The highest BCUT2D eigenvalue weighted by atomic mass is 16.5. The fourth-order valence-corrected chi connectivity index (χ4v) is 1.74. The molecule has 0 radical (unpaired) electrons.